The summed E-state index contributed by atoms with van der Waals surface area (Å²) in [6.45, 7) is 0.874. The Labute approximate surface area is 244 Å². The summed E-state index contributed by atoms with van der Waals surface area (Å²) in [6.07, 6.45) is 2.15. The quantitative estimate of drug-likeness (QED) is 0.243. The van der Waals surface area contributed by atoms with E-state index in [0.717, 1.165) is 15.3 Å². The van der Waals surface area contributed by atoms with Crippen molar-refractivity contribution in [1.29, 1.82) is 0 Å². The number of nitrogens with one attached hydrogen (secondary N) is 2. The van der Waals surface area contributed by atoms with Crippen LogP contribution < -0.4 is 22.1 Å². The van der Waals surface area contributed by atoms with E-state index < -0.39 is 35.6 Å². The first-order valence-corrected chi connectivity index (χ1v) is 13.8. The molecule has 0 aliphatic carbocycles. The van der Waals surface area contributed by atoms with E-state index in [2.05, 4.69) is 38.2 Å². The van der Waals surface area contributed by atoms with Gasteiger partial charge in [-0.15, -0.1) is 0 Å². The second kappa shape index (κ2) is 13.9. The fourth-order valence-corrected chi connectivity index (χ4v) is 4.95. The smallest absolute Gasteiger partial charge is 0.404 e. The number of nitrogens with zero attached hydrogens (tertiary/aromatic N) is 1. The van der Waals surface area contributed by atoms with Gasteiger partial charge in [-0.05, 0) is 70.8 Å². The molecule has 1 saturated heterocycles. The predicted octanol–water partition coefficient (Wildman–Crippen LogP) is 3.45. The lowest BCUT2D eigenvalue weighted by Crippen LogP contribution is -2.49. The number of hydrogen-bond acceptors (Lipinski definition) is 7. The zero-order chi connectivity index (χ0) is 28.6. The molecule has 2 heterocycles. The first-order chi connectivity index (χ1) is 19.2. The molecule has 1 aromatic heterocycles. The van der Waals surface area contributed by atoms with Crippen molar-refractivity contribution in [3.8, 4) is 0 Å². The van der Waals surface area contributed by atoms with Gasteiger partial charge >= 0.3 is 6.09 Å². The number of carbonyl (C=O) groups excluding carboxylic acids is 2. The summed E-state index contributed by atoms with van der Waals surface area (Å²) in [5.74, 6) is -2.06. The Morgan fingerprint density at radius 2 is 1.80 bits per heavy atom. The molecule has 4 rings (SSSR count). The van der Waals surface area contributed by atoms with E-state index in [1.807, 2.05) is 24.3 Å². The van der Waals surface area contributed by atoms with Crippen LogP contribution in [0.4, 0.5) is 19.3 Å². The third kappa shape index (κ3) is 7.93. The number of carbonyl (C=O) groups is 2. The Morgan fingerprint density at radius 3 is 2.42 bits per heavy atom. The van der Waals surface area contributed by atoms with Gasteiger partial charge < -0.3 is 31.6 Å². The van der Waals surface area contributed by atoms with E-state index in [-0.39, 0.29) is 36.4 Å². The van der Waals surface area contributed by atoms with Crippen LogP contribution in [0.15, 0.2) is 60.9 Å². The van der Waals surface area contributed by atoms with Crippen molar-refractivity contribution < 1.29 is 27.8 Å². The van der Waals surface area contributed by atoms with Crippen LogP contribution in [0.1, 0.15) is 29.0 Å². The fraction of sp³-hybridized carbons (Fsp3) is 0.321. The molecule has 0 radical (unpaired) electrons. The van der Waals surface area contributed by atoms with Crippen molar-refractivity contribution in [1.82, 2.24) is 10.3 Å². The molecule has 1 aliphatic rings. The van der Waals surface area contributed by atoms with E-state index in [9.17, 15) is 18.4 Å². The fourth-order valence-electron chi connectivity index (χ4n) is 4.59. The molecular weight excluding hydrogens is 635 g/mol. The Kier molecular flexibility index (Phi) is 10.4. The minimum atomic E-state index is -1.06. The van der Waals surface area contributed by atoms with Crippen molar-refractivity contribution in [2.75, 3.05) is 25.1 Å². The summed E-state index contributed by atoms with van der Waals surface area (Å²) >= 11 is 2.18. The standard InChI is InChI=1S/C28H30F2IN5O4/c29-18-5-1-16(2-6-18)25(17-3-7-19(31)8-4-17)26(32)27(37)36-24-13-34-12-23(30)22(24)10-9-21-11-35-20(14-39-21)15-40-28(33)38/h1-8,12-13,20-21,25-26,35H,9-11,14-15,32H2,(H2,33,38)(H,36,37)/t20-,21+,25?,26-/m0/s1. The van der Waals surface area contributed by atoms with Gasteiger partial charge in [-0.25, -0.2) is 13.6 Å². The zero-order valence-electron chi connectivity index (χ0n) is 21.5. The zero-order valence-corrected chi connectivity index (χ0v) is 23.6. The van der Waals surface area contributed by atoms with Crippen LogP contribution in [0.3, 0.4) is 0 Å². The molecule has 1 aliphatic heterocycles. The third-order valence-electron chi connectivity index (χ3n) is 6.69. The maximum atomic E-state index is 14.9. The number of benzene rings is 2. The highest BCUT2D eigenvalue weighted by Gasteiger charge is 2.29. The number of morpholine rings is 1. The molecule has 0 bridgehead atoms. The van der Waals surface area contributed by atoms with E-state index in [1.165, 1.54) is 18.3 Å². The number of primary amides is 1. The molecule has 2 aromatic carbocycles. The molecule has 3 aromatic rings. The highest BCUT2D eigenvalue weighted by Crippen LogP contribution is 2.30. The van der Waals surface area contributed by atoms with Crippen LogP contribution in [0.25, 0.3) is 0 Å². The van der Waals surface area contributed by atoms with E-state index in [4.69, 9.17) is 20.9 Å². The SMILES string of the molecule is NC(=O)OC[C@@H]1CO[C@H](CCc2c(F)cncc2NC(=O)[C@@H](N)C(c2ccc(F)cc2)c2ccc(I)cc2)CN1. The Balaban J connectivity index is 1.45. The summed E-state index contributed by atoms with van der Waals surface area (Å²) in [5.41, 5.74) is 13.4. The average molecular weight is 665 g/mol. The summed E-state index contributed by atoms with van der Waals surface area (Å²) in [4.78, 5) is 28.1. The molecule has 9 nitrogen and oxygen atoms in total. The lowest BCUT2D eigenvalue weighted by Gasteiger charge is -2.30. The minimum absolute atomic E-state index is 0.0958. The molecule has 2 amide bonds. The lowest BCUT2D eigenvalue weighted by molar-refractivity contribution is -0.117. The number of pyridine rings is 1. The van der Waals surface area contributed by atoms with Crippen molar-refractivity contribution in [2.45, 2.75) is 36.9 Å². The predicted molar refractivity (Wildman–Crippen MR) is 154 cm³/mol. The number of aromatic nitrogens is 1. The molecule has 1 fully saturated rings. The van der Waals surface area contributed by atoms with E-state index in [1.54, 1.807) is 12.1 Å². The summed E-state index contributed by atoms with van der Waals surface area (Å²) in [5, 5.41) is 5.97. The normalized spacial score (nSPS) is 18.5. The molecule has 40 heavy (non-hydrogen) atoms. The van der Waals surface area contributed by atoms with Gasteiger partial charge in [0.2, 0.25) is 5.91 Å². The topological polar surface area (TPSA) is 142 Å². The van der Waals surface area contributed by atoms with Crippen LogP contribution in [0, 0.1) is 15.2 Å². The lowest BCUT2D eigenvalue weighted by atomic mass is 9.85. The van der Waals surface area contributed by atoms with Gasteiger partial charge in [0.15, 0.2) is 0 Å². The average Bonchev–Trinajstić information content (AvgIpc) is 2.94. The second-order valence-electron chi connectivity index (χ2n) is 9.47. The number of rotatable bonds is 10. The van der Waals surface area contributed by atoms with Crippen LogP contribution in [0.5, 0.6) is 0 Å². The molecule has 6 N–H and O–H groups in total. The van der Waals surface area contributed by atoms with E-state index >= 15 is 0 Å². The molecule has 0 spiro atoms. The summed E-state index contributed by atoms with van der Waals surface area (Å²) in [6, 6.07) is 12.2. The Hall–Kier alpha value is -3.20. The maximum Gasteiger partial charge on any atom is 0.404 e. The van der Waals surface area contributed by atoms with E-state index in [0.29, 0.717) is 25.1 Å². The number of nitrogens with two attached hydrogens (primary N) is 2. The number of halogens is 3. The van der Waals surface area contributed by atoms with Gasteiger partial charge in [0, 0.05) is 21.6 Å². The Morgan fingerprint density at radius 1 is 1.12 bits per heavy atom. The van der Waals surface area contributed by atoms with Gasteiger partial charge in [0.25, 0.3) is 0 Å². The van der Waals surface area contributed by atoms with Crippen LogP contribution in [-0.2, 0) is 20.7 Å². The third-order valence-corrected chi connectivity index (χ3v) is 7.41. The van der Waals surface area contributed by atoms with Crippen molar-refractivity contribution in [3.63, 3.8) is 0 Å². The number of anilines is 1. The maximum absolute atomic E-state index is 14.9. The van der Waals surface area contributed by atoms with Crippen molar-refractivity contribution >= 4 is 40.3 Å². The monoisotopic (exact) mass is 665 g/mol. The van der Waals surface area contributed by atoms with Crippen LogP contribution in [0.2, 0.25) is 0 Å². The van der Waals surface area contributed by atoms with Crippen LogP contribution in [-0.4, -0.2) is 54.9 Å². The summed E-state index contributed by atoms with van der Waals surface area (Å²) < 4.78 is 40.1. The molecular formula is C28H30F2IN5O4. The molecule has 1 unspecified atom stereocenters. The largest absolute Gasteiger partial charge is 0.448 e. The molecule has 4 atom stereocenters. The molecule has 212 valence electrons. The molecule has 12 heteroatoms. The number of amides is 2. The van der Waals surface area contributed by atoms with Gasteiger partial charge in [-0.1, -0.05) is 24.3 Å². The number of hydrogen-bond donors (Lipinski definition) is 4. The van der Waals surface area contributed by atoms with Crippen LogP contribution >= 0.6 is 22.6 Å². The first-order valence-electron chi connectivity index (χ1n) is 12.7. The molecule has 0 saturated carbocycles. The second-order valence-corrected chi connectivity index (χ2v) is 10.7. The highest BCUT2D eigenvalue weighted by molar-refractivity contribution is 14.1. The first kappa shape index (κ1) is 29.8. The Bertz CT molecular complexity index is 1260. The summed E-state index contributed by atoms with van der Waals surface area (Å²) in [7, 11) is 0. The highest BCUT2D eigenvalue weighted by atomic mass is 127. The van der Waals surface area contributed by atoms with Crippen molar-refractivity contribution in [3.05, 3.63) is 92.8 Å². The van der Waals surface area contributed by atoms with Gasteiger partial charge in [0.05, 0.1) is 42.9 Å². The number of ether oxygens (including phenoxy) is 2. The van der Waals surface area contributed by atoms with Gasteiger partial charge in [-0.3, -0.25) is 9.78 Å². The van der Waals surface area contributed by atoms with Gasteiger partial charge in [-0.2, -0.15) is 0 Å². The minimum Gasteiger partial charge on any atom is -0.448 e. The van der Waals surface area contributed by atoms with Gasteiger partial charge in [0.1, 0.15) is 18.2 Å². The van der Waals surface area contributed by atoms with Crippen molar-refractivity contribution in [2.24, 2.45) is 11.5 Å².